The maximum Gasteiger partial charge on any atom is 0.136 e. The Bertz CT molecular complexity index is 600. The van der Waals surface area contributed by atoms with Crippen LogP contribution in [0.3, 0.4) is 0 Å². The van der Waals surface area contributed by atoms with Crippen molar-refractivity contribution in [2.45, 2.75) is 13.8 Å². The van der Waals surface area contributed by atoms with E-state index in [1.54, 1.807) is 20.1 Å². The van der Waals surface area contributed by atoms with Crippen molar-refractivity contribution in [2.75, 3.05) is 7.11 Å². The predicted molar refractivity (Wildman–Crippen MR) is 73.5 cm³/mol. The van der Waals surface area contributed by atoms with E-state index < -0.39 is 0 Å². The second-order valence-electron chi connectivity index (χ2n) is 3.88. The molecule has 18 heavy (non-hydrogen) atoms. The number of methoxy groups -OCH3 is 1. The fraction of sp³-hybridized carbons (Fsp3) is 0.231. The maximum absolute atomic E-state index is 6.08. The number of aryl methyl sites for hydroxylation is 1. The highest BCUT2D eigenvalue weighted by atomic mass is 35.5. The lowest BCUT2D eigenvalue weighted by Crippen LogP contribution is -1.98. The smallest absolute Gasteiger partial charge is 0.136 e. The summed E-state index contributed by atoms with van der Waals surface area (Å²) < 4.78 is 5.33. The summed E-state index contributed by atoms with van der Waals surface area (Å²) in [6.07, 6.45) is 0. The quantitative estimate of drug-likeness (QED) is 0.779. The van der Waals surface area contributed by atoms with Gasteiger partial charge in [-0.25, -0.2) is 9.97 Å². The zero-order valence-electron chi connectivity index (χ0n) is 10.3. The fourth-order valence-corrected chi connectivity index (χ4v) is 2.11. The minimum absolute atomic E-state index is 0.444. The van der Waals surface area contributed by atoms with Gasteiger partial charge in [0.25, 0.3) is 0 Å². The molecule has 2 rings (SSSR count). The fourth-order valence-electron chi connectivity index (χ4n) is 1.72. The van der Waals surface area contributed by atoms with Crippen molar-refractivity contribution in [3.05, 3.63) is 39.8 Å². The van der Waals surface area contributed by atoms with E-state index in [4.69, 9.17) is 27.9 Å². The third kappa shape index (κ3) is 2.42. The average Bonchev–Trinajstić information content (AvgIpc) is 2.33. The first-order chi connectivity index (χ1) is 8.52. The van der Waals surface area contributed by atoms with Crippen LogP contribution in [0.25, 0.3) is 11.3 Å². The van der Waals surface area contributed by atoms with Gasteiger partial charge >= 0.3 is 0 Å². The molecule has 0 unspecified atom stereocenters. The van der Waals surface area contributed by atoms with Crippen LogP contribution in [0.1, 0.15) is 11.4 Å². The first-order valence-electron chi connectivity index (χ1n) is 5.37. The van der Waals surface area contributed by atoms with Crippen LogP contribution >= 0.6 is 23.2 Å². The number of hydrogen-bond acceptors (Lipinski definition) is 3. The van der Waals surface area contributed by atoms with Crippen molar-refractivity contribution in [2.24, 2.45) is 0 Å². The highest BCUT2D eigenvalue weighted by molar-refractivity contribution is 6.31. The Labute approximate surface area is 116 Å². The number of rotatable bonds is 2. The highest BCUT2D eigenvalue weighted by Crippen LogP contribution is 2.34. The van der Waals surface area contributed by atoms with Crippen molar-refractivity contribution in [1.29, 1.82) is 0 Å². The van der Waals surface area contributed by atoms with Crippen LogP contribution in [0.2, 0.25) is 10.2 Å². The SMILES string of the molecule is COc1ccc(Cl)cc1-c1nc(C)nc(Cl)c1C. The minimum Gasteiger partial charge on any atom is -0.496 e. The summed E-state index contributed by atoms with van der Waals surface area (Å²) >= 11 is 12.1. The van der Waals surface area contributed by atoms with E-state index in [9.17, 15) is 0 Å². The normalized spacial score (nSPS) is 10.5. The number of hydrogen-bond donors (Lipinski definition) is 0. The van der Waals surface area contributed by atoms with Crippen molar-refractivity contribution < 1.29 is 4.74 Å². The molecule has 0 atom stereocenters. The van der Waals surface area contributed by atoms with Gasteiger partial charge in [0.1, 0.15) is 16.7 Å². The molecular weight excluding hydrogens is 271 g/mol. The zero-order valence-corrected chi connectivity index (χ0v) is 11.8. The second kappa shape index (κ2) is 5.12. The number of halogens is 2. The first-order valence-corrected chi connectivity index (χ1v) is 6.13. The lowest BCUT2D eigenvalue weighted by atomic mass is 10.1. The van der Waals surface area contributed by atoms with Crippen LogP contribution < -0.4 is 4.74 Å². The van der Waals surface area contributed by atoms with E-state index in [1.807, 2.05) is 19.1 Å². The molecular formula is C13H12Cl2N2O. The van der Waals surface area contributed by atoms with Gasteiger partial charge in [0.2, 0.25) is 0 Å². The monoisotopic (exact) mass is 282 g/mol. The number of benzene rings is 1. The molecule has 1 aromatic heterocycles. The molecule has 0 saturated heterocycles. The Morgan fingerprint density at radius 2 is 1.83 bits per heavy atom. The largest absolute Gasteiger partial charge is 0.496 e. The van der Waals surface area contributed by atoms with Crippen molar-refractivity contribution in [1.82, 2.24) is 9.97 Å². The number of ether oxygens (including phenoxy) is 1. The molecule has 94 valence electrons. The predicted octanol–water partition coefficient (Wildman–Crippen LogP) is 4.08. The van der Waals surface area contributed by atoms with Gasteiger partial charge in [0.05, 0.1) is 12.8 Å². The van der Waals surface area contributed by atoms with Crippen LogP contribution in [-0.2, 0) is 0 Å². The van der Waals surface area contributed by atoms with Crippen LogP contribution in [0, 0.1) is 13.8 Å². The van der Waals surface area contributed by atoms with Gasteiger partial charge in [-0.15, -0.1) is 0 Å². The van der Waals surface area contributed by atoms with Gasteiger partial charge < -0.3 is 4.74 Å². The average molecular weight is 283 g/mol. The number of aromatic nitrogens is 2. The molecule has 0 saturated carbocycles. The second-order valence-corrected chi connectivity index (χ2v) is 4.67. The number of nitrogens with zero attached hydrogens (tertiary/aromatic N) is 2. The lowest BCUT2D eigenvalue weighted by molar-refractivity contribution is 0.416. The first kappa shape index (κ1) is 13.1. The van der Waals surface area contributed by atoms with Gasteiger partial charge in [-0.2, -0.15) is 0 Å². The molecule has 0 bridgehead atoms. The Kier molecular flexibility index (Phi) is 3.73. The van der Waals surface area contributed by atoms with E-state index in [0.29, 0.717) is 21.7 Å². The Morgan fingerprint density at radius 1 is 1.11 bits per heavy atom. The van der Waals surface area contributed by atoms with Crippen LogP contribution in [0.4, 0.5) is 0 Å². The van der Waals surface area contributed by atoms with Crippen molar-refractivity contribution >= 4 is 23.2 Å². The highest BCUT2D eigenvalue weighted by Gasteiger charge is 2.14. The van der Waals surface area contributed by atoms with E-state index in [0.717, 1.165) is 16.8 Å². The molecule has 0 aliphatic carbocycles. The maximum atomic E-state index is 6.08. The molecule has 0 aliphatic rings. The summed E-state index contributed by atoms with van der Waals surface area (Å²) in [6.45, 7) is 3.67. The van der Waals surface area contributed by atoms with Gasteiger partial charge in [-0.05, 0) is 32.0 Å². The van der Waals surface area contributed by atoms with E-state index in [2.05, 4.69) is 9.97 Å². The van der Waals surface area contributed by atoms with Gasteiger partial charge in [-0.1, -0.05) is 23.2 Å². The summed E-state index contributed by atoms with van der Waals surface area (Å²) in [7, 11) is 1.61. The van der Waals surface area contributed by atoms with E-state index >= 15 is 0 Å². The van der Waals surface area contributed by atoms with Gasteiger partial charge in [0.15, 0.2) is 0 Å². The molecule has 1 aromatic carbocycles. The van der Waals surface area contributed by atoms with Crippen LogP contribution in [-0.4, -0.2) is 17.1 Å². The lowest BCUT2D eigenvalue weighted by Gasteiger charge is -2.12. The molecule has 3 nitrogen and oxygen atoms in total. The molecule has 0 amide bonds. The third-order valence-corrected chi connectivity index (χ3v) is 3.22. The molecule has 5 heteroatoms. The summed E-state index contributed by atoms with van der Waals surface area (Å²) in [6, 6.07) is 5.39. The Balaban J connectivity index is 2.72. The van der Waals surface area contributed by atoms with Crippen molar-refractivity contribution in [3.63, 3.8) is 0 Å². The van der Waals surface area contributed by atoms with Crippen LogP contribution in [0.5, 0.6) is 5.75 Å². The van der Waals surface area contributed by atoms with E-state index in [1.165, 1.54) is 0 Å². The Morgan fingerprint density at radius 3 is 2.50 bits per heavy atom. The molecule has 2 aromatic rings. The third-order valence-electron chi connectivity index (χ3n) is 2.61. The zero-order chi connectivity index (χ0) is 13.3. The molecule has 0 radical (unpaired) electrons. The Hall–Kier alpha value is -1.32. The van der Waals surface area contributed by atoms with Crippen LogP contribution in [0.15, 0.2) is 18.2 Å². The summed E-state index contributed by atoms with van der Waals surface area (Å²) in [4.78, 5) is 8.54. The molecule has 0 spiro atoms. The molecule has 0 aliphatic heterocycles. The molecule has 0 N–H and O–H groups in total. The summed E-state index contributed by atoms with van der Waals surface area (Å²) in [5.41, 5.74) is 2.37. The minimum atomic E-state index is 0.444. The topological polar surface area (TPSA) is 35.0 Å². The van der Waals surface area contributed by atoms with E-state index in [-0.39, 0.29) is 0 Å². The van der Waals surface area contributed by atoms with Gasteiger partial charge in [-0.3, -0.25) is 0 Å². The molecule has 0 fully saturated rings. The summed E-state index contributed by atoms with van der Waals surface area (Å²) in [5, 5.41) is 1.07. The van der Waals surface area contributed by atoms with Gasteiger partial charge in [0, 0.05) is 16.1 Å². The standard InChI is InChI=1S/C13H12Cl2N2O/c1-7-12(16-8(2)17-13(7)15)10-6-9(14)4-5-11(10)18-3/h4-6H,1-3H3. The van der Waals surface area contributed by atoms with Crippen molar-refractivity contribution in [3.8, 4) is 17.0 Å². The summed E-state index contributed by atoms with van der Waals surface area (Å²) in [5.74, 6) is 1.32. The molecule has 1 heterocycles.